The number of nitrogens with one attached hydrogen (secondary N) is 1. The number of amides is 1. The Labute approximate surface area is 112 Å². The van der Waals surface area contributed by atoms with Crippen molar-refractivity contribution in [2.75, 3.05) is 0 Å². The maximum Gasteiger partial charge on any atom is 0.241 e. The van der Waals surface area contributed by atoms with E-state index in [0.717, 1.165) is 19.3 Å². The van der Waals surface area contributed by atoms with Crippen molar-refractivity contribution in [2.24, 2.45) is 11.8 Å². The van der Waals surface area contributed by atoms with Gasteiger partial charge in [-0.25, -0.2) is 0 Å². The molecule has 0 spiro atoms. The molecule has 1 aliphatic rings. The van der Waals surface area contributed by atoms with Gasteiger partial charge in [0.25, 0.3) is 0 Å². The van der Waals surface area contributed by atoms with Gasteiger partial charge in [0.1, 0.15) is 0 Å². The topological polar surface area (TPSA) is 32.3 Å². The molecule has 106 valence electrons. The van der Waals surface area contributed by atoms with Gasteiger partial charge < -0.3 is 4.90 Å². The second kappa shape index (κ2) is 6.55. The molecule has 1 aliphatic heterocycles. The van der Waals surface area contributed by atoms with Crippen LogP contribution in [0.15, 0.2) is 0 Å². The molecule has 1 heterocycles. The molecule has 1 saturated heterocycles. The van der Waals surface area contributed by atoms with Crippen molar-refractivity contribution in [2.45, 2.75) is 79.1 Å². The molecule has 0 aliphatic carbocycles. The van der Waals surface area contributed by atoms with Crippen LogP contribution in [0.2, 0.25) is 0 Å². The number of hydrogen-bond donors (Lipinski definition) is 1. The van der Waals surface area contributed by atoms with Gasteiger partial charge in [0.2, 0.25) is 5.91 Å². The summed E-state index contributed by atoms with van der Waals surface area (Å²) in [5, 5.41) is 3.50. The lowest BCUT2D eigenvalue weighted by atomic mass is 10.0. The van der Waals surface area contributed by atoms with Gasteiger partial charge in [0.15, 0.2) is 0 Å². The van der Waals surface area contributed by atoms with Crippen LogP contribution in [0.3, 0.4) is 0 Å². The maximum absolute atomic E-state index is 12.5. The fraction of sp³-hybridized carbons (Fsp3) is 0.933. The Balaban J connectivity index is 2.73. The van der Waals surface area contributed by atoms with Crippen LogP contribution in [0.25, 0.3) is 0 Å². The van der Waals surface area contributed by atoms with E-state index in [2.05, 4.69) is 51.8 Å². The van der Waals surface area contributed by atoms with Gasteiger partial charge in [-0.2, -0.15) is 0 Å². The van der Waals surface area contributed by atoms with Gasteiger partial charge in [0.05, 0.1) is 12.2 Å². The van der Waals surface area contributed by atoms with E-state index in [-0.39, 0.29) is 12.2 Å². The molecule has 0 aromatic heterocycles. The summed E-state index contributed by atoms with van der Waals surface area (Å²) >= 11 is 0. The van der Waals surface area contributed by atoms with Crippen molar-refractivity contribution in [3.63, 3.8) is 0 Å². The summed E-state index contributed by atoms with van der Waals surface area (Å²) in [6, 6.07) is 0.372. The van der Waals surface area contributed by atoms with Gasteiger partial charge in [-0.05, 0) is 38.0 Å². The van der Waals surface area contributed by atoms with E-state index < -0.39 is 0 Å². The molecule has 0 aromatic carbocycles. The Bertz CT molecular complexity index is 276. The predicted octanol–water partition coefficient (Wildman–Crippen LogP) is 3.00. The van der Waals surface area contributed by atoms with Crippen molar-refractivity contribution >= 4 is 5.91 Å². The Morgan fingerprint density at radius 2 is 1.78 bits per heavy atom. The minimum Gasteiger partial charge on any atom is -0.323 e. The van der Waals surface area contributed by atoms with Crippen LogP contribution in [0.1, 0.15) is 60.8 Å². The molecule has 1 rings (SSSR count). The molecule has 1 fully saturated rings. The zero-order chi connectivity index (χ0) is 13.9. The summed E-state index contributed by atoms with van der Waals surface area (Å²) in [7, 11) is 0. The summed E-state index contributed by atoms with van der Waals surface area (Å²) in [5.74, 6) is 1.50. The average molecular weight is 254 g/mol. The first-order valence-electron chi connectivity index (χ1n) is 7.45. The first-order chi connectivity index (χ1) is 8.36. The number of hydrogen-bond acceptors (Lipinski definition) is 2. The lowest BCUT2D eigenvalue weighted by Crippen LogP contribution is -2.43. The van der Waals surface area contributed by atoms with E-state index in [1.54, 1.807) is 0 Å². The van der Waals surface area contributed by atoms with Gasteiger partial charge >= 0.3 is 0 Å². The molecule has 3 unspecified atom stereocenters. The van der Waals surface area contributed by atoms with Crippen molar-refractivity contribution in [3.8, 4) is 0 Å². The van der Waals surface area contributed by atoms with Crippen molar-refractivity contribution < 1.29 is 4.79 Å². The fourth-order valence-corrected chi connectivity index (χ4v) is 2.99. The molecule has 1 N–H and O–H groups in total. The van der Waals surface area contributed by atoms with Crippen LogP contribution in [0, 0.1) is 11.8 Å². The summed E-state index contributed by atoms with van der Waals surface area (Å²) in [6.07, 6.45) is 3.25. The standard InChI is InChI=1S/C15H30N2O/c1-7-14-16-13(9-11(4)5)15(18)17(14)12(6)8-10(2)3/h10-14,16H,7-9H2,1-6H3. The molecule has 18 heavy (non-hydrogen) atoms. The first-order valence-corrected chi connectivity index (χ1v) is 7.45. The van der Waals surface area contributed by atoms with Gasteiger partial charge in [-0.3, -0.25) is 10.1 Å². The SMILES string of the molecule is CCC1NC(CC(C)C)C(=O)N1C(C)CC(C)C. The third kappa shape index (κ3) is 3.71. The minimum atomic E-state index is 0.0320. The van der Waals surface area contributed by atoms with Crippen LogP contribution in [-0.4, -0.2) is 29.1 Å². The normalized spacial score (nSPS) is 26.4. The average Bonchev–Trinajstić information content (AvgIpc) is 2.54. The Kier molecular flexibility index (Phi) is 5.64. The van der Waals surface area contributed by atoms with Crippen molar-refractivity contribution in [1.29, 1.82) is 0 Å². The Hall–Kier alpha value is -0.570. The zero-order valence-corrected chi connectivity index (χ0v) is 12.9. The minimum absolute atomic E-state index is 0.0320. The molecule has 1 amide bonds. The largest absolute Gasteiger partial charge is 0.323 e. The fourth-order valence-electron chi connectivity index (χ4n) is 2.99. The summed E-state index contributed by atoms with van der Waals surface area (Å²) in [6.45, 7) is 13.1. The Morgan fingerprint density at radius 3 is 2.22 bits per heavy atom. The highest BCUT2D eigenvalue weighted by atomic mass is 16.2. The quantitative estimate of drug-likeness (QED) is 0.790. The van der Waals surface area contributed by atoms with E-state index >= 15 is 0 Å². The third-order valence-electron chi connectivity index (χ3n) is 3.66. The second-order valence-electron chi connectivity index (χ2n) is 6.50. The number of rotatable bonds is 6. The molecule has 3 nitrogen and oxygen atoms in total. The first kappa shape index (κ1) is 15.5. The molecule has 0 bridgehead atoms. The highest BCUT2D eigenvalue weighted by Crippen LogP contribution is 2.23. The maximum atomic E-state index is 12.5. The van der Waals surface area contributed by atoms with Crippen molar-refractivity contribution in [1.82, 2.24) is 10.2 Å². The van der Waals surface area contributed by atoms with Crippen LogP contribution in [-0.2, 0) is 4.79 Å². The molecule has 0 aromatic rings. The summed E-state index contributed by atoms with van der Waals surface area (Å²) in [4.78, 5) is 14.6. The van der Waals surface area contributed by atoms with E-state index in [9.17, 15) is 4.79 Å². The predicted molar refractivity (Wildman–Crippen MR) is 76.2 cm³/mol. The van der Waals surface area contributed by atoms with E-state index in [4.69, 9.17) is 0 Å². The number of carbonyl (C=O) groups is 1. The molecule has 3 heteroatoms. The zero-order valence-electron chi connectivity index (χ0n) is 12.9. The molecular weight excluding hydrogens is 224 g/mol. The van der Waals surface area contributed by atoms with Crippen LogP contribution >= 0.6 is 0 Å². The number of nitrogens with zero attached hydrogens (tertiary/aromatic N) is 1. The number of carbonyl (C=O) groups excluding carboxylic acids is 1. The molecule has 0 saturated carbocycles. The highest BCUT2D eigenvalue weighted by molar-refractivity contribution is 5.84. The van der Waals surface area contributed by atoms with Crippen LogP contribution < -0.4 is 5.32 Å². The molecule has 0 radical (unpaired) electrons. The van der Waals surface area contributed by atoms with E-state index in [1.165, 1.54) is 0 Å². The molecular formula is C15H30N2O. The second-order valence-corrected chi connectivity index (χ2v) is 6.50. The van der Waals surface area contributed by atoms with Gasteiger partial charge in [-0.1, -0.05) is 34.6 Å². The van der Waals surface area contributed by atoms with Crippen molar-refractivity contribution in [3.05, 3.63) is 0 Å². The monoisotopic (exact) mass is 254 g/mol. The van der Waals surface area contributed by atoms with Crippen LogP contribution in [0.4, 0.5) is 0 Å². The van der Waals surface area contributed by atoms with E-state index in [1.807, 2.05) is 0 Å². The summed E-state index contributed by atoms with van der Waals surface area (Å²) < 4.78 is 0. The Morgan fingerprint density at radius 1 is 1.17 bits per heavy atom. The highest BCUT2D eigenvalue weighted by Gasteiger charge is 2.40. The smallest absolute Gasteiger partial charge is 0.241 e. The molecule has 3 atom stereocenters. The lowest BCUT2D eigenvalue weighted by molar-refractivity contribution is -0.132. The summed E-state index contributed by atoms with van der Waals surface area (Å²) in [5.41, 5.74) is 0. The third-order valence-corrected chi connectivity index (χ3v) is 3.66. The van der Waals surface area contributed by atoms with Crippen LogP contribution in [0.5, 0.6) is 0 Å². The van der Waals surface area contributed by atoms with E-state index in [0.29, 0.717) is 23.8 Å². The van der Waals surface area contributed by atoms with Gasteiger partial charge in [0, 0.05) is 6.04 Å². The lowest BCUT2D eigenvalue weighted by Gasteiger charge is -2.31. The van der Waals surface area contributed by atoms with Gasteiger partial charge in [-0.15, -0.1) is 0 Å².